The molecule has 0 bridgehead atoms. The van der Waals surface area contributed by atoms with E-state index in [1.165, 1.54) is 6.20 Å². The monoisotopic (exact) mass is 255 g/mol. The molecule has 0 aliphatic heterocycles. The first-order chi connectivity index (χ1) is 8.52. The molecule has 0 saturated carbocycles. The number of carbonyl (C=O) groups is 2. The Morgan fingerprint density at radius 2 is 1.61 bits per heavy atom. The maximum atomic E-state index is 9.98. The van der Waals surface area contributed by atoms with Gasteiger partial charge in [-0.15, -0.1) is 0 Å². The van der Waals surface area contributed by atoms with Crippen molar-refractivity contribution in [2.24, 2.45) is 0 Å². The Balaban J connectivity index is 0.000000351. The Hall–Kier alpha value is -2.18. The van der Waals surface area contributed by atoms with Crippen LogP contribution in [0.15, 0.2) is 18.6 Å². The predicted molar refractivity (Wildman–Crippen MR) is 64.8 cm³/mol. The van der Waals surface area contributed by atoms with E-state index in [2.05, 4.69) is 9.97 Å². The zero-order valence-electron chi connectivity index (χ0n) is 9.95. The second kappa shape index (κ2) is 10.0. The molecule has 18 heavy (non-hydrogen) atoms. The average Bonchev–Trinajstić information content (AvgIpc) is 2.29. The van der Waals surface area contributed by atoms with E-state index in [-0.39, 0.29) is 12.8 Å². The lowest BCUT2D eigenvalue weighted by Gasteiger charge is -1.94. The summed E-state index contributed by atoms with van der Waals surface area (Å²) in [6, 6.07) is 0. The van der Waals surface area contributed by atoms with Crippen molar-refractivity contribution in [3.8, 4) is 0 Å². The highest BCUT2D eigenvalue weighted by atomic mass is 16.4. The van der Waals surface area contributed by atoms with Crippen molar-refractivity contribution in [3.05, 3.63) is 18.6 Å². The highest BCUT2D eigenvalue weighted by Gasteiger charge is 1.98. The molecule has 0 spiro atoms. The van der Waals surface area contributed by atoms with Crippen molar-refractivity contribution in [1.82, 2.24) is 9.97 Å². The molecule has 0 amide bonds. The van der Waals surface area contributed by atoms with Crippen LogP contribution in [0.4, 0.5) is 5.82 Å². The molecule has 1 aromatic heterocycles. The minimum absolute atomic E-state index is 0.139. The van der Waals surface area contributed by atoms with Crippen molar-refractivity contribution < 1.29 is 19.8 Å². The number of aromatic nitrogens is 2. The average molecular weight is 255 g/mol. The first-order valence-corrected chi connectivity index (χ1v) is 5.47. The topological polar surface area (TPSA) is 126 Å². The molecule has 100 valence electrons. The van der Waals surface area contributed by atoms with Crippen molar-refractivity contribution in [3.63, 3.8) is 0 Å². The Labute approximate surface area is 105 Å². The number of nitrogens with zero attached hydrogens (tertiary/aromatic N) is 2. The maximum absolute atomic E-state index is 9.98. The van der Waals surface area contributed by atoms with Crippen LogP contribution in [0, 0.1) is 0 Å². The summed E-state index contributed by atoms with van der Waals surface area (Å²) in [7, 11) is 0. The zero-order valence-corrected chi connectivity index (χ0v) is 9.95. The van der Waals surface area contributed by atoms with Crippen LogP contribution in [0.2, 0.25) is 0 Å². The van der Waals surface area contributed by atoms with Crippen LogP contribution < -0.4 is 5.73 Å². The van der Waals surface area contributed by atoms with Gasteiger partial charge < -0.3 is 15.9 Å². The molecule has 0 fully saturated rings. The van der Waals surface area contributed by atoms with Crippen molar-refractivity contribution >= 4 is 17.8 Å². The lowest BCUT2D eigenvalue weighted by molar-refractivity contribution is -0.137. The second-order valence-electron chi connectivity index (χ2n) is 3.48. The molecular weight excluding hydrogens is 238 g/mol. The Morgan fingerprint density at radius 1 is 1.06 bits per heavy atom. The highest BCUT2D eigenvalue weighted by Crippen LogP contribution is 2.02. The van der Waals surface area contributed by atoms with E-state index in [1.807, 2.05) is 0 Å². The van der Waals surface area contributed by atoms with E-state index in [9.17, 15) is 9.59 Å². The summed E-state index contributed by atoms with van der Waals surface area (Å²) in [6.45, 7) is 0. The fourth-order valence-corrected chi connectivity index (χ4v) is 1.04. The molecule has 0 aliphatic carbocycles. The van der Waals surface area contributed by atoms with Gasteiger partial charge in [-0.1, -0.05) is 6.42 Å². The van der Waals surface area contributed by atoms with Gasteiger partial charge in [0.15, 0.2) is 0 Å². The largest absolute Gasteiger partial charge is 0.481 e. The van der Waals surface area contributed by atoms with Crippen molar-refractivity contribution in [2.75, 3.05) is 5.73 Å². The van der Waals surface area contributed by atoms with Gasteiger partial charge in [0.2, 0.25) is 0 Å². The summed E-state index contributed by atoms with van der Waals surface area (Å²) in [5.41, 5.74) is 5.18. The molecule has 0 radical (unpaired) electrons. The Kier molecular flexibility index (Phi) is 8.79. The van der Waals surface area contributed by atoms with Gasteiger partial charge in [0.05, 0.1) is 6.20 Å². The first kappa shape index (κ1) is 15.8. The molecule has 1 rings (SSSR count). The van der Waals surface area contributed by atoms with E-state index in [4.69, 9.17) is 15.9 Å². The third-order valence-corrected chi connectivity index (χ3v) is 1.86. The van der Waals surface area contributed by atoms with Gasteiger partial charge in [-0.2, -0.15) is 0 Å². The molecule has 4 N–H and O–H groups in total. The minimum Gasteiger partial charge on any atom is -0.481 e. The second-order valence-corrected chi connectivity index (χ2v) is 3.48. The number of hydrogen-bond donors (Lipinski definition) is 3. The molecule has 1 aromatic rings. The fourth-order valence-electron chi connectivity index (χ4n) is 1.04. The molecule has 0 saturated heterocycles. The van der Waals surface area contributed by atoms with Gasteiger partial charge in [-0.05, 0) is 12.8 Å². The van der Waals surface area contributed by atoms with E-state index < -0.39 is 11.9 Å². The van der Waals surface area contributed by atoms with E-state index in [0.717, 1.165) is 0 Å². The Morgan fingerprint density at radius 3 is 1.89 bits per heavy atom. The molecule has 0 aliphatic rings. The summed E-state index contributed by atoms with van der Waals surface area (Å²) in [6.07, 6.45) is 6.73. The van der Waals surface area contributed by atoms with E-state index >= 15 is 0 Å². The quantitative estimate of drug-likeness (QED) is 0.651. The molecule has 0 unspecified atom stereocenters. The summed E-state index contributed by atoms with van der Waals surface area (Å²) < 4.78 is 0. The van der Waals surface area contributed by atoms with Crippen LogP contribution in [0.1, 0.15) is 32.1 Å². The number of nitrogens with two attached hydrogens (primary N) is 1. The van der Waals surface area contributed by atoms with Gasteiger partial charge >= 0.3 is 11.9 Å². The van der Waals surface area contributed by atoms with Gasteiger partial charge in [-0.25, -0.2) is 4.98 Å². The van der Waals surface area contributed by atoms with E-state index in [1.54, 1.807) is 12.4 Å². The van der Waals surface area contributed by atoms with Crippen LogP contribution in [-0.2, 0) is 9.59 Å². The lowest BCUT2D eigenvalue weighted by atomic mass is 10.1. The van der Waals surface area contributed by atoms with E-state index in [0.29, 0.717) is 25.1 Å². The standard InChI is InChI=1S/C7H12O4.C4H5N3/c8-6(9)4-2-1-3-5-7(10)11;5-4-3-6-1-2-7-4/h1-5H2,(H,8,9)(H,10,11);1-3H,(H2,5,7). The third kappa shape index (κ3) is 11.9. The number of anilines is 1. The first-order valence-electron chi connectivity index (χ1n) is 5.47. The fraction of sp³-hybridized carbons (Fsp3) is 0.455. The SMILES string of the molecule is Nc1cnccn1.O=C(O)CCCCCC(=O)O. The van der Waals surface area contributed by atoms with Gasteiger partial charge in [-0.3, -0.25) is 14.6 Å². The molecule has 0 atom stereocenters. The van der Waals surface area contributed by atoms with Gasteiger partial charge in [0.1, 0.15) is 5.82 Å². The summed E-state index contributed by atoms with van der Waals surface area (Å²) in [5, 5.41) is 16.4. The third-order valence-electron chi connectivity index (χ3n) is 1.86. The molecule has 7 nitrogen and oxygen atoms in total. The normalized spacial score (nSPS) is 9.11. The van der Waals surface area contributed by atoms with Crippen LogP contribution in [0.5, 0.6) is 0 Å². The van der Waals surface area contributed by atoms with Crippen molar-refractivity contribution in [1.29, 1.82) is 0 Å². The molecule has 7 heteroatoms. The summed E-state index contributed by atoms with van der Waals surface area (Å²) in [5.74, 6) is -1.18. The smallest absolute Gasteiger partial charge is 0.303 e. The number of carboxylic acid groups (broad SMARTS) is 2. The van der Waals surface area contributed by atoms with Gasteiger partial charge in [0, 0.05) is 25.2 Å². The molecular formula is C11H17N3O4. The Bertz CT molecular complexity index is 341. The number of unbranched alkanes of at least 4 members (excludes halogenated alkanes) is 2. The predicted octanol–water partition coefficient (Wildman–Crippen LogP) is 1.16. The summed E-state index contributed by atoms with van der Waals surface area (Å²) >= 11 is 0. The van der Waals surface area contributed by atoms with Crippen LogP contribution in [0.25, 0.3) is 0 Å². The number of aliphatic carboxylic acids is 2. The maximum Gasteiger partial charge on any atom is 0.303 e. The van der Waals surface area contributed by atoms with Crippen LogP contribution >= 0.6 is 0 Å². The number of hydrogen-bond acceptors (Lipinski definition) is 5. The minimum atomic E-state index is -0.819. The molecule has 0 aromatic carbocycles. The molecule has 1 heterocycles. The summed E-state index contributed by atoms with van der Waals surface area (Å²) in [4.78, 5) is 27.4. The van der Waals surface area contributed by atoms with Gasteiger partial charge in [0.25, 0.3) is 0 Å². The zero-order chi connectivity index (χ0) is 13.8. The number of carboxylic acids is 2. The van der Waals surface area contributed by atoms with Crippen LogP contribution in [-0.4, -0.2) is 32.1 Å². The highest BCUT2D eigenvalue weighted by molar-refractivity contribution is 5.67. The van der Waals surface area contributed by atoms with Crippen molar-refractivity contribution in [2.45, 2.75) is 32.1 Å². The number of rotatable bonds is 6. The lowest BCUT2D eigenvalue weighted by Crippen LogP contribution is -1.96. The number of nitrogen functional groups attached to an aromatic ring is 1. The van der Waals surface area contributed by atoms with Crippen LogP contribution in [0.3, 0.4) is 0 Å².